The maximum atomic E-state index is 12.6. The number of thiophene rings is 1. The molecule has 4 rings (SSSR count). The summed E-state index contributed by atoms with van der Waals surface area (Å²) in [6.45, 7) is 4.39. The molecule has 0 saturated carbocycles. The molecule has 3 aromatic rings. The largest absolute Gasteiger partial charge is 0.449 e. The van der Waals surface area contributed by atoms with Gasteiger partial charge in [0.15, 0.2) is 0 Å². The first-order valence-electron chi connectivity index (χ1n) is 11.3. The van der Waals surface area contributed by atoms with Gasteiger partial charge in [0.1, 0.15) is 16.5 Å². The first-order chi connectivity index (χ1) is 16.4. The number of pyridine rings is 1. The van der Waals surface area contributed by atoms with E-state index < -0.39 is 6.09 Å². The number of nitrogen functional groups attached to an aromatic ring is 1. The zero-order chi connectivity index (χ0) is 24.1. The minimum absolute atomic E-state index is 0.0606. The van der Waals surface area contributed by atoms with Gasteiger partial charge in [-0.25, -0.2) is 4.79 Å². The van der Waals surface area contributed by atoms with Crippen molar-refractivity contribution in [1.82, 2.24) is 15.5 Å². The fourth-order valence-corrected chi connectivity index (χ4v) is 5.36. The molecule has 9 nitrogen and oxygen atoms in total. The van der Waals surface area contributed by atoms with Crippen LogP contribution in [0.4, 0.5) is 15.5 Å². The molecule has 2 atom stereocenters. The third-order valence-corrected chi connectivity index (χ3v) is 7.13. The molecule has 2 unspecified atom stereocenters. The molecule has 0 aliphatic heterocycles. The average molecular weight is 484 g/mol. The van der Waals surface area contributed by atoms with Gasteiger partial charge >= 0.3 is 6.09 Å². The SMILES string of the molecule is Cc1cc(CNC(=O)OCC2CCc3c(sc(NC(=O)CC(C)c4cccnc4)c3N)C2)no1. The van der Waals surface area contributed by atoms with Gasteiger partial charge in [-0.2, -0.15) is 0 Å². The number of ether oxygens (including phenoxy) is 1. The number of hydrogen-bond acceptors (Lipinski definition) is 8. The summed E-state index contributed by atoms with van der Waals surface area (Å²) in [5.41, 5.74) is 9.79. The van der Waals surface area contributed by atoms with Crippen molar-refractivity contribution in [2.75, 3.05) is 17.7 Å². The van der Waals surface area contributed by atoms with Crippen LogP contribution in [0.15, 0.2) is 35.1 Å². The van der Waals surface area contributed by atoms with E-state index in [-0.39, 0.29) is 24.3 Å². The summed E-state index contributed by atoms with van der Waals surface area (Å²) >= 11 is 1.52. The van der Waals surface area contributed by atoms with Gasteiger partial charge in [0.2, 0.25) is 5.91 Å². The summed E-state index contributed by atoms with van der Waals surface area (Å²) in [6, 6.07) is 5.61. The minimum Gasteiger partial charge on any atom is -0.449 e. The molecule has 180 valence electrons. The summed E-state index contributed by atoms with van der Waals surface area (Å²) in [4.78, 5) is 29.9. The molecule has 10 heteroatoms. The number of nitrogens with one attached hydrogen (secondary N) is 2. The van der Waals surface area contributed by atoms with E-state index in [1.54, 1.807) is 25.4 Å². The Bertz CT molecular complexity index is 1140. The lowest BCUT2D eigenvalue weighted by molar-refractivity contribution is -0.116. The van der Waals surface area contributed by atoms with Crippen LogP contribution in [0, 0.1) is 12.8 Å². The van der Waals surface area contributed by atoms with Crippen LogP contribution in [0.3, 0.4) is 0 Å². The molecule has 3 aromatic heterocycles. The molecule has 0 spiro atoms. The van der Waals surface area contributed by atoms with Gasteiger partial charge in [0.25, 0.3) is 0 Å². The fraction of sp³-hybridized carbons (Fsp3) is 0.417. The van der Waals surface area contributed by atoms with Crippen molar-refractivity contribution in [3.63, 3.8) is 0 Å². The van der Waals surface area contributed by atoms with E-state index in [9.17, 15) is 9.59 Å². The molecule has 34 heavy (non-hydrogen) atoms. The van der Waals surface area contributed by atoms with Gasteiger partial charge in [-0.05, 0) is 55.2 Å². The normalized spacial score (nSPS) is 15.9. The Morgan fingerprint density at radius 1 is 1.41 bits per heavy atom. The lowest BCUT2D eigenvalue weighted by Crippen LogP contribution is -2.27. The van der Waals surface area contributed by atoms with Crippen molar-refractivity contribution in [2.24, 2.45) is 5.92 Å². The average Bonchev–Trinajstić information content (AvgIpc) is 3.39. The van der Waals surface area contributed by atoms with E-state index in [0.29, 0.717) is 35.2 Å². The van der Waals surface area contributed by atoms with Gasteiger partial charge in [0.05, 0.1) is 18.8 Å². The number of amides is 2. The highest BCUT2D eigenvalue weighted by atomic mass is 32.1. The Morgan fingerprint density at radius 2 is 2.26 bits per heavy atom. The standard InChI is InChI=1S/C24H29N5O4S/c1-14(17-4-3-7-26-11-17)8-21(30)28-23-22(25)19-6-5-16(10-20(19)34-23)13-32-24(31)27-12-18-9-15(2)33-29-18/h3-4,7,9,11,14,16H,5-6,8,10,12-13,25H2,1-2H3,(H,27,31)(H,28,30). The third-order valence-electron chi connectivity index (χ3n) is 5.95. The van der Waals surface area contributed by atoms with Crippen LogP contribution in [0.5, 0.6) is 0 Å². The number of anilines is 2. The smallest absolute Gasteiger partial charge is 0.407 e. The molecular formula is C24H29N5O4S. The highest BCUT2D eigenvalue weighted by Crippen LogP contribution is 2.41. The fourth-order valence-electron chi connectivity index (χ4n) is 4.06. The molecule has 0 saturated heterocycles. The summed E-state index contributed by atoms with van der Waals surface area (Å²) in [7, 11) is 0. The maximum Gasteiger partial charge on any atom is 0.407 e. The number of aryl methyl sites for hydroxylation is 1. The lowest BCUT2D eigenvalue weighted by Gasteiger charge is -2.22. The Labute approximate surface area is 202 Å². The first kappa shape index (κ1) is 23.7. The minimum atomic E-state index is -0.479. The second-order valence-corrected chi connectivity index (χ2v) is 9.78. The van der Waals surface area contributed by atoms with Gasteiger partial charge in [-0.3, -0.25) is 9.78 Å². The molecule has 1 aliphatic rings. The number of alkyl carbamates (subject to hydrolysis) is 1. The number of nitrogens with two attached hydrogens (primary N) is 1. The molecule has 0 fully saturated rings. The number of nitrogens with zero attached hydrogens (tertiary/aromatic N) is 2. The van der Waals surface area contributed by atoms with Crippen molar-refractivity contribution in [3.8, 4) is 0 Å². The van der Waals surface area contributed by atoms with E-state index in [1.165, 1.54) is 11.3 Å². The monoisotopic (exact) mass is 483 g/mol. The third kappa shape index (κ3) is 5.93. The van der Waals surface area contributed by atoms with Crippen LogP contribution in [0.2, 0.25) is 0 Å². The highest BCUT2D eigenvalue weighted by Gasteiger charge is 2.26. The van der Waals surface area contributed by atoms with Crippen molar-refractivity contribution in [3.05, 3.63) is 58.1 Å². The number of rotatable bonds is 8. The van der Waals surface area contributed by atoms with Crippen LogP contribution in [-0.2, 0) is 28.9 Å². The molecule has 4 N–H and O–H groups in total. The highest BCUT2D eigenvalue weighted by molar-refractivity contribution is 7.17. The lowest BCUT2D eigenvalue weighted by atomic mass is 9.89. The van der Waals surface area contributed by atoms with Crippen molar-refractivity contribution in [1.29, 1.82) is 0 Å². The Hall–Kier alpha value is -3.40. The predicted molar refractivity (Wildman–Crippen MR) is 130 cm³/mol. The topological polar surface area (TPSA) is 132 Å². The Balaban J connectivity index is 1.26. The van der Waals surface area contributed by atoms with Crippen molar-refractivity contribution in [2.45, 2.75) is 52.0 Å². The number of carbonyl (C=O) groups excluding carboxylic acids is 2. The van der Waals surface area contributed by atoms with Crippen LogP contribution in [-0.4, -0.2) is 28.7 Å². The summed E-state index contributed by atoms with van der Waals surface area (Å²) in [5, 5.41) is 10.2. The number of hydrogen-bond donors (Lipinski definition) is 3. The van der Waals surface area contributed by atoms with Crippen LogP contribution < -0.4 is 16.4 Å². The molecule has 0 bridgehead atoms. The van der Waals surface area contributed by atoms with E-state index in [4.69, 9.17) is 15.0 Å². The van der Waals surface area contributed by atoms with E-state index in [1.807, 2.05) is 19.1 Å². The zero-order valence-electron chi connectivity index (χ0n) is 19.3. The van der Waals surface area contributed by atoms with E-state index in [2.05, 4.69) is 20.8 Å². The van der Waals surface area contributed by atoms with Gasteiger partial charge in [-0.1, -0.05) is 18.1 Å². The summed E-state index contributed by atoms with van der Waals surface area (Å²) in [5.74, 6) is 0.891. The van der Waals surface area contributed by atoms with Crippen LogP contribution in [0.25, 0.3) is 0 Å². The molecule has 0 aromatic carbocycles. The van der Waals surface area contributed by atoms with Crippen LogP contribution >= 0.6 is 11.3 Å². The molecular weight excluding hydrogens is 454 g/mol. The Kier molecular flexibility index (Phi) is 7.46. The number of carbonyl (C=O) groups is 2. The van der Waals surface area contributed by atoms with Gasteiger partial charge in [-0.15, -0.1) is 11.3 Å². The molecule has 1 aliphatic carbocycles. The predicted octanol–water partition coefficient (Wildman–Crippen LogP) is 4.19. The quantitative estimate of drug-likeness (QED) is 0.438. The second-order valence-electron chi connectivity index (χ2n) is 8.68. The maximum absolute atomic E-state index is 12.6. The van der Waals surface area contributed by atoms with E-state index in [0.717, 1.165) is 35.3 Å². The van der Waals surface area contributed by atoms with Crippen molar-refractivity contribution < 1.29 is 18.8 Å². The number of aromatic nitrogens is 2. The molecule has 3 heterocycles. The summed E-state index contributed by atoms with van der Waals surface area (Å²) < 4.78 is 10.4. The van der Waals surface area contributed by atoms with Crippen LogP contribution in [0.1, 0.15) is 53.1 Å². The van der Waals surface area contributed by atoms with Gasteiger partial charge < -0.3 is 25.6 Å². The first-order valence-corrected chi connectivity index (χ1v) is 12.1. The molecule has 2 amide bonds. The van der Waals surface area contributed by atoms with Crippen molar-refractivity contribution >= 4 is 34.0 Å². The van der Waals surface area contributed by atoms with Gasteiger partial charge in [0, 0.05) is 29.8 Å². The van der Waals surface area contributed by atoms with E-state index >= 15 is 0 Å². The zero-order valence-corrected chi connectivity index (χ0v) is 20.1. The Morgan fingerprint density at radius 3 is 3.00 bits per heavy atom. The summed E-state index contributed by atoms with van der Waals surface area (Å²) in [6.07, 6.45) is 5.82. The number of fused-ring (bicyclic) bond motifs is 1. The molecule has 0 radical (unpaired) electrons. The second kappa shape index (κ2) is 10.7.